The lowest BCUT2D eigenvalue weighted by Crippen LogP contribution is -2.53. The van der Waals surface area contributed by atoms with Crippen LogP contribution in [0.3, 0.4) is 0 Å². The third-order valence-electron chi connectivity index (χ3n) is 3.43. The van der Waals surface area contributed by atoms with Gasteiger partial charge in [0.25, 0.3) is 5.91 Å². The highest BCUT2D eigenvalue weighted by atomic mass is 16.5. The van der Waals surface area contributed by atoms with Gasteiger partial charge in [-0.2, -0.15) is 0 Å². The third-order valence-corrected chi connectivity index (χ3v) is 3.43. The van der Waals surface area contributed by atoms with Crippen LogP contribution >= 0.6 is 0 Å². The molecule has 0 saturated heterocycles. The van der Waals surface area contributed by atoms with Crippen LogP contribution in [0.5, 0.6) is 0 Å². The van der Waals surface area contributed by atoms with Crippen molar-refractivity contribution in [2.24, 2.45) is 5.92 Å². The molecule has 2 unspecified atom stereocenters. The molecule has 0 spiro atoms. The van der Waals surface area contributed by atoms with Crippen molar-refractivity contribution in [2.75, 3.05) is 6.61 Å². The first-order chi connectivity index (χ1) is 8.15. The molecule has 0 aliphatic heterocycles. The Kier molecular flexibility index (Phi) is 3.47. The second kappa shape index (κ2) is 4.87. The Balaban J connectivity index is 2.06. The van der Waals surface area contributed by atoms with Gasteiger partial charge in [0.1, 0.15) is 0 Å². The van der Waals surface area contributed by atoms with E-state index in [1.165, 1.54) is 12.3 Å². The largest absolute Gasteiger partial charge is 0.394 e. The van der Waals surface area contributed by atoms with E-state index in [0.29, 0.717) is 5.92 Å². The van der Waals surface area contributed by atoms with E-state index in [1.54, 1.807) is 0 Å². The van der Waals surface area contributed by atoms with E-state index in [4.69, 9.17) is 4.52 Å². The van der Waals surface area contributed by atoms with E-state index < -0.39 is 5.54 Å². The summed E-state index contributed by atoms with van der Waals surface area (Å²) in [5.74, 6) is 0.410. The molecular formula is C12H18N2O3. The molecule has 0 radical (unpaired) electrons. The van der Waals surface area contributed by atoms with Crippen molar-refractivity contribution in [2.45, 2.75) is 38.1 Å². The summed E-state index contributed by atoms with van der Waals surface area (Å²) in [4.78, 5) is 11.9. The molecule has 0 aromatic carbocycles. The van der Waals surface area contributed by atoms with Gasteiger partial charge < -0.3 is 14.9 Å². The van der Waals surface area contributed by atoms with Crippen molar-refractivity contribution >= 4 is 5.91 Å². The molecule has 1 aliphatic rings. The Morgan fingerprint density at radius 3 is 3.18 bits per heavy atom. The van der Waals surface area contributed by atoms with E-state index in [-0.39, 0.29) is 18.3 Å². The fraction of sp³-hybridized carbons (Fsp3) is 0.667. The summed E-state index contributed by atoms with van der Waals surface area (Å²) < 4.78 is 4.81. The number of nitrogens with zero attached hydrogens (tertiary/aromatic N) is 1. The van der Waals surface area contributed by atoms with Gasteiger partial charge in [0.05, 0.1) is 18.3 Å². The number of carbonyl (C=O) groups excluding carboxylic acids is 1. The summed E-state index contributed by atoms with van der Waals surface area (Å²) in [5.41, 5.74) is -0.498. The highest BCUT2D eigenvalue weighted by Gasteiger charge is 2.36. The summed E-state index contributed by atoms with van der Waals surface area (Å²) in [6.07, 6.45) is 5.24. The molecule has 5 nitrogen and oxygen atoms in total. The quantitative estimate of drug-likeness (QED) is 0.833. The van der Waals surface area contributed by atoms with Crippen molar-refractivity contribution in [1.82, 2.24) is 10.5 Å². The Morgan fingerprint density at radius 1 is 1.76 bits per heavy atom. The molecular weight excluding hydrogens is 220 g/mol. The molecule has 2 atom stereocenters. The number of aliphatic hydroxyl groups is 1. The molecule has 2 rings (SSSR count). The van der Waals surface area contributed by atoms with E-state index in [2.05, 4.69) is 17.4 Å². The predicted molar refractivity (Wildman–Crippen MR) is 61.4 cm³/mol. The van der Waals surface area contributed by atoms with Crippen LogP contribution in [-0.2, 0) is 0 Å². The number of aromatic nitrogens is 1. The van der Waals surface area contributed by atoms with Crippen molar-refractivity contribution in [3.8, 4) is 0 Å². The first-order valence-corrected chi connectivity index (χ1v) is 5.99. The molecule has 1 heterocycles. The molecule has 1 saturated carbocycles. The van der Waals surface area contributed by atoms with E-state index >= 15 is 0 Å². The zero-order chi connectivity index (χ0) is 12.3. The minimum atomic E-state index is -0.498. The minimum Gasteiger partial charge on any atom is -0.394 e. The minimum absolute atomic E-state index is 0.0305. The molecule has 1 aromatic rings. The lowest BCUT2D eigenvalue weighted by atomic mass is 9.77. The van der Waals surface area contributed by atoms with Gasteiger partial charge in [0, 0.05) is 6.07 Å². The Labute approximate surface area is 100 Å². The Hall–Kier alpha value is -1.36. The molecule has 1 amide bonds. The van der Waals surface area contributed by atoms with Gasteiger partial charge in [-0.15, -0.1) is 0 Å². The number of hydrogen-bond donors (Lipinski definition) is 2. The number of aliphatic hydroxyl groups excluding tert-OH is 1. The maximum atomic E-state index is 11.9. The molecule has 1 aromatic heterocycles. The SMILES string of the molecule is CC1CCCC(CO)(NC(=O)c2ccno2)C1. The van der Waals surface area contributed by atoms with Crippen molar-refractivity contribution in [1.29, 1.82) is 0 Å². The normalized spacial score (nSPS) is 28.9. The Morgan fingerprint density at radius 2 is 2.59 bits per heavy atom. The van der Waals surface area contributed by atoms with Crippen molar-refractivity contribution in [3.05, 3.63) is 18.0 Å². The summed E-state index contributed by atoms with van der Waals surface area (Å²) >= 11 is 0. The summed E-state index contributed by atoms with van der Waals surface area (Å²) in [5, 5.41) is 15.9. The highest BCUT2D eigenvalue weighted by molar-refractivity contribution is 5.91. The average molecular weight is 238 g/mol. The third kappa shape index (κ3) is 2.66. The first-order valence-electron chi connectivity index (χ1n) is 5.99. The molecule has 94 valence electrons. The van der Waals surface area contributed by atoms with Gasteiger partial charge in [0.2, 0.25) is 5.76 Å². The maximum Gasteiger partial charge on any atom is 0.290 e. The van der Waals surface area contributed by atoms with Crippen LogP contribution in [0, 0.1) is 5.92 Å². The van der Waals surface area contributed by atoms with Crippen molar-refractivity contribution in [3.63, 3.8) is 0 Å². The number of nitrogens with one attached hydrogen (secondary N) is 1. The van der Waals surface area contributed by atoms with Crippen LogP contribution in [0.4, 0.5) is 0 Å². The predicted octanol–water partition coefficient (Wildman–Crippen LogP) is 1.35. The first kappa shape index (κ1) is 12.1. The molecule has 17 heavy (non-hydrogen) atoms. The highest BCUT2D eigenvalue weighted by Crippen LogP contribution is 2.32. The van der Waals surface area contributed by atoms with E-state index in [9.17, 15) is 9.90 Å². The summed E-state index contributed by atoms with van der Waals surface area (Å²) in [7, 11) is 0. The average Bonchev–Trinajstić information content (AvgIpc) is 2.82. The van der Waals surface area contributed by atoms with Gasteiger partial charge in [-0.25, -0.2) is 0 Å². The molecule has 1 aliphatic carbocycles. The molecule has 2 N–H and O–H groups in total. The lowest BCUT2D eigenvalue weighted by Gasteiger charge is -2.39. The van der Waals surface area contributed by atoms with Gasteiger partial charge in [-0.05, 0) is 18.8 Å². The van der Waals surface area contributed by atoms with E-state index in [1.807, 2.05) is 0 Å². The molecule has 1 fully saturated rings. The maximum absolute atomic E-state index is 11.9. The zero-order valence-electron chi connectivity index (χ0n) is 9.98. The van der Waals surface area contributed by atoms with Crippen molar-refractivity contribution < 1.29 is 14.4 Å². The number of hydrogen-bond acceptors (Lipinski definition) is 4. The van der Waals surface area contributed by atoms with Gasteiger partial charge in [-0.3, -0.25) is 4.79 Å². The van der Waals surface area contributed by atoms with Crippen LogP contribution in [0.15, 0.2) is 16.8 Å². The smallest absolute Gasteiger partial charge is 0.290 e. The van der Waals surface area contributed by atoms with E-state index in [0.717, 1.165) is 25.7 Å². The van der Waals surface area contributed by atoms with Crippen LogP contribution in [0.25, 0.3) is 0 Å². The second-order valence-corrected chi connectivity index (χ2v) is 4.97. The van der Waals surface area contributed by atoms with Crippen LogP contribution in [-0.4, -0.2) is 28.3 Å². The lowest BCUT2D eigenvalue weighted by molar-refractivity contribution is 0.0666. The standard InChI is InChI=1S/C12H18N2O3/c1-9-3-2-5-12(7-9,8-15)14-11(16)10-4-6-13-17-10/h4,6,9,15H,2-3,5,7-8H2,1H3,(H,14,16). The second-order valence-electron chi connectivity index (χ2n) is 4.97. The van der Waals surface area contributed by atoms with Gasteiger partial charge >= 0.3 is 0 Å². The fourth-order valence-corrected chi connectivity index (χ4v) is 2.59. The number of carbonyl (C=O) groups is 1. The zero-order valence-corrected chi connectivity index (χ0v) is 9.98. The number of amides is 1. The van der Waals surface area contributed by atoms with Crippen LogP contribution in [0.1, 0.15) is 43.2 Å². The fourth-order valence-electron chi connectivity index (χ4n) is 2.59. The summed E-state index contributed by atoms with van der Waals surface area (Å²) in [6.45, 7) is 2.11. The Bertz CT molecular complexity index is 377. The van der Waals surface area contributed by atoms with Crippen LogP contribution < -0.4 is 5.32 Å². The number of rotatable bonds is 3. The molecule has 5 heteroatoms. The van der Waals surface area contributed by atoms with Gasteiger partial charge in [-0.1, -0.05) is 24.9 Å². The summed E-state index contributed by atoms with van der Waals surface area (Å²) in [6, 6.07) is 1.52. The topological polar surface area (TPSA) is 75.4 Å². The van der Waals surface area contributed by atoms with Crippen LogP contribution in [0.2, 0.25) is 0 Å². The monoisotopic (exact) mass is 238 g/mol. The molecule has 0 bridgehead atoms. The van der Waals surface area contributed by atoms with Gasteiger partial charge in [0.15, 0.2) is 0 Å².